The molecular weight excluding hydrogens is 212 g/mol. The van der Waals surface area contributed by atoms with Gasteiger partial charge < -0.3 is 10.4 Å². The van der Waals surface area contributed by atoms with E-state index in [1.165, 1.54) is 0 Å². The van der Waals surface area contributed by atoms with Crippen LogP contribution in [0, 0.1) is 18.3 Å². The largest absolute Gasteiger partial charge is 0.390 e. The number of nitrogens with one attached hydrogen (secondary N) is 1. The van der Waals surface area contributed by atoms with Crippen LogP contribution in [-0.2, 0) is 0 Å². The first-order chi connectivity index (χ1) is 7.88. The van der Waals surface area contributed by atoms with Gasteiger partial charge in [-0.05, 0) is 38.0 Å². The number of nitrogens with zero attached hydrogens (tertiary/aromatic N) is 1. The number of fused-ring (bicyclic) bond motifs is 1. The zero-order chi connectivity index (χ0) is 12.8. The first-order valence-corrected chi connectivity index (χ1v) is 5.88. The summed E-state index contributed by atoms with van der Waals surface area (Å²) in [5.41, 5.74) is 3.35. The van der Waals surface area contributed by atoms with E-state index < -0.39 is 6.10 Å². The Bertz CT molecular complexity index is 500. The van der Waals surface area contributed by atoms with Gasteiger partial charge in [-0.3, -0.25) is 0 Å². The second-order valence-electron chi connectivity index (χ2n) is 5.41. The van der Waals surface area contributed by atoms with E-state index in [9.17, 15) is 5.11 Å². The number of benzene rings is 1. The Morgan fingerprint density at radius 3 is 2.65 bits per heavy atom. The highest BCUT2D eigenvalue weighted by molar-refractivity contribution is 5.67. The Morgan fingerprint density at radius 1 is 1.41 bits per heavy atom. The molecule has 1 aromatic carbocycles. The molecule has 0 amide bonds. The SMILES string of the molecule is Cc1ccc(C#N)c2c1NC(C)(C)[C@H](O)[C@H]2C. The van der Waals surface area contributed by atoms with Crippen LogP contribution in [-0.4, -0.2) is 16.7 Å². The van der Waals surface area contributed by atoms with Crippen molar-refractivity contribution in [2.45, 2.75) is 45.3 Å². The molecule has 17 heavy (non-hydrogen) atoms. The zero-order valence-corrected chi connectivity index (χ0v) is 10.7. The molecule has 90 valence electrons. The van der Waals surface area contributed by atoms with Crippen molar-refractivity contribution in [3.63, 3.8) is 0 Å². The fraction of sp³-hybridized carbons (Fsp3) is 0.500. The normalized spacial score (nSPS) is 25.6. The van der Waals surface area contributed by atoms with E-state index >= 15 is 0 Å². The van der Waals surface area contributed by atoms with Gasteiger partial charge in [0.15, 0.2) is 0 Å². The number of hydrogen-bond acceptors (Lipinski definition) is 3. The topological polar surface area (TPSA) is 56.0 Å². The highest BCUT2D eigenvalue weighted by Crippen LogP contribution is 2.42. The summed E-state index contributed by atoms with van der Waals surface area (Å²) in [7, 11) is 0. The van der Waals surface area contributed by atoms with E-state index in [0.717, 1.165) is 16.8 Å². The second-order valence-corrected chi connectivity index (χ2v) is 5.41. The number of aliphatic hydroxyl groups is 1. The molecule has 2 atom stereocenters. The fourth-order valence-electron chi connectivity index (χ4n) is 2.64. The third kappa shape index (κ3) is 1.69. The van der Waals surface area contributed by atoms with E-state index in [1.807, 2.05) is 39.8 Å². The predicted molar refractivity (Wildman–Crippen MR) is 68.0 cm³/mol. The van der Waals surface area contributed by atoms with Gasteiger partial charge in [-0.1, -0.05) is 13.0 Å². The number of nitriles is 1. The molecule has 1 aromatic rings. The predicted octanol–water partition coefficient (Wildman–Crippen LogP) is 2.54. The molecule has 0 aliphatic carbocycles. The average Bonchev–Trinajstić information content (AvgIpc) is 2.28. The van der Waals surface area contributed by atoms with Crippen LogP contribution >= 0.6 is 0 Å². The van der Waals surface area contributed by atoms with E-state index in [2.05, 4.69) is 11.4 Å². The first-order valence-electron chi connectivity index (χ1n) is 5.88. The lowest BCUT2D eigenvalue weighted by Gasteiger charge is -2.43. The Hall–Kier alpha value is -1.53. The summed E-state index contributed by atoms with van der Waals surface area (Å²) in [4.78, 5) is 0. The van der Waals surface area contributed by atoms with Crippen molar-refractivity contribution in [2.75, 3.05) is 5.32 Å². The minimum absolute atomic E-state index is 0.0317. The average molecular weight is 230 g/mol. The molecule has 1 aliphatic rings. The number of anilines is 1. The Morgan fingerprint density at radius 2 is 2.06 bits per heavy atom. The maximum Gasteiger partial charge on any atom is 0.0995 e. The minimum atomic E-state index is -0.496. The molecule has 0 bridgehead atoms. The lowest BCUT2D eigenvalue weighted by molar-refractivity contribution is 0.0867. The zero-order valence-electron chi connectivity index (χ0n) is 10.7. The van der Waals surface area contributed by atoms with Crippen molar-refractivity contribution in [3.8, 4) is 6.07 Å². The van der Waals surface area contributed by atoms with E-state index in [-0.39, 0.29) is 11.5 Å². The fourth-order valence-corrected chi connectivity index (χ4v) is 2.64. The summed E-state index contributed by atoms with van der Waals surface area (Å²) in [6.45, 7) is 7.96. The van der Waals surface area contributed by atoms with E-state index in [4.69, 9.17) is 5.26 Å². The smallest absolute Gasteiger partial charge is 0.0995 e. The third-order valence-corrected chi connectivity index (χ3v) is 3.69. The summed E-state index contributed by atoms with van der Waals surface area (Å²) < 4.78 is 0. The highest BCUT2D eigenvalue weighted by Gasteiger charge is 2.40. The minimum Gasteiger partial charge on any atom is -0.390 e. The second kappa shape index (κ2) is 3.75. The van der Waals surface area contributed by atoms with Crippen molar-refractivity contribution in [3.05, 3.63) is 28.8 Å². The number of aryl methyl sites for hydroxylation is 1. The molecule has 0 radical (unpaired) electrons. The number of hydrogen-bond donors (Lipinski definition) is 2. The van der Waals surface area contributed by atoms with Crippen molar-refractivity contribution < 1.29 is 5.11 Å². The summed E-state index contributed by atoms with van der Waals surface area (Å²) in [6, 6.07) is 5.99. The van der Waals surface area contributed by atoms with Gasteiger partial charge in [-0.25, -0.2) is 0 Å². The van der Waals surface area contributed by atoms with E-state index in [0.29, 0.717) is 5.56 Å². The van der Waals surface area contributed by atoms with Gasteiger partial charge in [0.05, 0.1) is 23.3 Å². The lowest BCUT2D eigenvalue weighted by Crippen LogP contribution is -2.50. The quantitative estimate of drug-likeness (QED) is 0.720. The van der Waals surface area contributed by atoms with E-state index in [1.54, 1.807) is 0 Å². The monoisotopic (exact) mass is 230 g/mol. The van der Waals surface area contributed by atoms with Gasteiger partial charge in [0.1, 0.15) is 0 Å². The summed E-state index contributed by atoms with van der Waals surface area (Å²) >= 11 is 0. The number of aliphatic hydroxyl groups excluding tert-OH is 1. The molecule has 3 heteroatoms. The van der Waals surface area contributed by atoms with Gasteiger partial charge >= 0.3 is 0 Å². The molecule has 1 aliphatic heterocycles. The Kier molecular flexibility index (Phi) is 2.63. The number of rotatable bonds is 0. The van der Waals surface area contributed by atoms with Crippen LogP contribution in [0.15, 0.2) is 12.1 Å². The van der Waals surface area contributed by atoms with Gasteiger partial charge in [-0.2, -0.15) is 5.26 Å². The van der Waals surface area contributed by atoms with Crippen LogP contribution in [0.4, 0.5) is 5.69 Å². The molecule has 0 aromatic heterocycles. The van der Waals surface area contributed by atoms with Crippen LogP contribution < -0.4 is 5.32 Å². The molecular formula is C14H18N2O. The highest BCUT2D eigenvalue weighted by atomic mass is 16.3. The van der Waals surface area contributed by atoms with Crippen molar-refractivity contribution >= 4 is 5.69 Å². The van der Waals surface area contributed by atoms with Crippen molar-refractivity contribution in [1.82, 2.24) is 0 Å². The van der Waals surface area contributed by atoms with Crippen LogP contribution in [0.25, 0.3) is 0 Å². The third-order valence-electron chi connectivity index (χ3n) is 3.69. The molecule has 3 nitrogen and oxygen atoms in total. The van der Waals surface area contributed by atoms with Crippen LogP contribution in [0.3, 0.4) is 0 Å². The maximum atomic E-state index is 10.3. The van der Waals surface area contributed by atoms with Crippen LogP contribution in [0.2, 0.25) is 0 Å². The molecule has 0 spiro atoms. The first kappa shape index (κ1) is 11.9. The van der Waals surface area contributed by atoms with Gasteiger partial charge in [0, 0.05) is 11.6 Å². The standard InChI is InChI=1S/C14H18N2O/c1-8-5-6-10(7-15)11-9(2)13(17)14(3,4)16-12(8)11/h5-6,9,13,16-17H,1-4H3/t9-,13+/m0/s1. The summed E-state index contributed by atoms with van der Waals surface area (Å²) in [5.74, 6) is -0.0317. The molecule has 2 N–H and O–H groups in total. The summed E-state index contributed by atoms with van der Waals surface area (Å²) in [5, 5.41) is 22.8. The summed E-state index contributed by atoms with van der Waals surface area (Å²) in [6.07, 6.45) is -0.496. The van der Waals surface area contributed by atoms with Crippen molar-refractivity contribution in [2.24, 2.45) is 0 Å². The van der Waals surface area contributed by atoms with Gasteiger partial charge in [0.25, 0.3) is 0 Å². The molecule has 0 saturated carbocycles. The van der Waals surface area contributed by atoms with Gasteiger partial charge in [-0.15, -0.1) is 0 Å². The lowest BCUT2D eigenvalue weighted by atomic mass is 9.76. The Balaban J connectivity index is 2.68. The maximum absolute atomic E-state index is 10.3. The van der Waals surface area contributed by atoms with Gasteiger partial charge in [0.2, 0.25) is 0 Å². The van der Waals surface area contributed by atoms with Crippen LogP contribution in [0.1, 0.15) is 43.4 Å². The molecule has 1 heterocycles. The van der Waals surface area contributed by atoms with Crippen molar-refractivity contribution in [1.29, 1.82) is 5.26 Å². The molecule has 0 saturated heterocycles. The molecule has 0 fully saturated rings. The Labute approximate surface area is 102 Å². The molecule has 2 rings (SSSR count). The van der Waals surface area contributed by atoms with Crippen LogP contribution in [0.5, 0.6) is 0 Å². The molecule has 0 unspecified atom stereocenters.